The molecule has 1 aromatic heterocycles. The van der Waals surface area contributed by atoms with Crippen molar-refractivity contribution in [3.8, 4) is 0 Å². The number of halogens is 2. The molecule has 9 heteroatoms. The summed E-state index contributed by atoms with van der Waals surface area (Å²) >= 11 is 5.75. The highest BCUT2D eigenvalue weighted by Gasteiger charge is 2.31. The molecule has 1 amide bonds. The van der Waals surface area contributed by atoms with E-state index in [9.17, 15) is 17.6 Å². The Hall–Kier alpha value is -2.68. The van der Waals surface area contributed by atoms with Crippen molar-refractivity contribution < 1.29 is 22.0 Å². The lowest BCUT2D eigenvalue weighted by molar-refractivity contribution is -0.116. The maximum atomic E-state index is 14.1. The number of furan rings is 1. The first kappa shape index (κ1) is 24.0. The molecule has 1 N–H and O–H groups in total. The summed E-state index contributed by atoms with van der Waals surface area (Å²) in [6.07, 6.45) is 1.43. The third-order valence-electron chi connectivity index (χ3n) is 5.33. The molecule has 3 aromatic rings. The second kappa shape index (κ2) is 9.44. The molecule has 0 saturated carbocycles. The van der Waals surface area contributed by atoms with Crippen LogP contribution in [0.1, 0.15) is 28.0 Å². The number of sulfonamides is 1. The van der Waals surface area contributed by atoms with E-state index in [-0.39, 0.29) is 22.2 Å². The van der Waals surface area contributed by atoms with Gasteiger partial charge in [0.2, 0.25) is 15.9 Å². The predicted molar refractivity (Wildman–Crippen MR) is 122 cm³/mol. The predicted octanol–water partition coefficient (Wildman–Crippen LogP) is 5.14. The molecule has 3 rings (SSSR count). The number of benzene rings is 2. The molecule has 1 heterocycles. The molecule has 0 unspecified atom stereocenters. The molecule has 0 atom stereocenters. The summed E-state index contributed by atoms with van der Waals surface area (Å²) in [6, 6.07) is 9.00. The van der Waals surface area contributed by atoms with Crippen LogP contribution in [0.25, 0.3) is 0 Å². The topological polar surface area (TPSA) is 79.6 Å². The summed E-state index contributed by atoms with van der Waals surface area (Å²) in [5.74, 6) is -1.04. The first-order chi connectivity index (χ1) is 15.0. The molecule has 0 radical (unpaired) electrons. The zero-order valence-corrected chi connectivity index (χ0v) is 19.8. The molecule has 6 nitrogen and oxygen atoms in total. The van der Waals surface area contributed by atoms with E-state index >= 15 is 0 Å². The van der Waals surface area contributed by atoms with Crippen molar-refractivity contribution in [3.63, 3.8) is 0 Å². The quantitative estimate of drug-likeness (QED) is 0.510. The van der Waals surface area contributed by atoms with Gasteiger partial charge >= 0.3 is 0 Å². The summed E-state index contributed by atoms with van der Waals surface area (Å²) in [6.45, 7) is 6.47. The highest BCUT2D eigenvalue weighted by molar-refractivity contribution is 7.89. The van der Waals surface area contributed by atoms with Crippen LogP contribution in [0.2, 0.25) is 5.02 Å². The van der Waals surface area contributed by atoms with E-state index in [1.54, 1.807) is 26.0 Å². The Morgan fingerprint density at radius 1 is 1.09 bits per heavy atom. The third-order valence-corrected chi connectivity index (χ3v) is 7.63. The van der Waals surface area contributed by atoms with Gasteiger partial charge in [0.05, 0.1) is 29.9 Å². The van der Waals surface area contributed by atoms with E-state index in [0.29, 0.717) is 16.9 Å². The number of amides is 1. The molecule has 170 valence electrons. The van der Waals surface area contributed by atoms with Gasteiger partial charge in [-0.2, -0.15) is 4.31 Å². The number of nitrogens with zero attached hydrogens (tertiary/aromatic N) is 1. The monoisotopic (exact) mass is 478 g/mol. The van der Waals surface area contributed by atoms with Gasteiger partial charge in [-0.05, 0) is 80.3 Å². The van der Waals surface area contributed by atoms with Crippen LogP contribution in [-0.4, -0.2) is 25.2 Å². The Balaban J connectivity index is 1.98. The van der Waals surface area contributed by atoms with E-state index in [1.807, 2.05) is 19.9 Å². The maximum absolute atomic E-state index is 14.1. The van der Waals surface area contributed by atoms with Crippen LogP contribution < -0.4 is 5.32 Å². The van der Waals surface area contributed by atoms with Crippen LogP contribution in [0, 0.1) is 33.5 Å². The number of carbonyl (C=O) groups excluding carboxylic acids is 1. The van der Waals surface area contributed by atoms with Crippen molar-refractivity contribution in [2.24, 2.45) is 0 Å². The van der Waals surface area contributed by atoms with E-state index in [1.165, 1.54) is 18.4 Å². The number of carbonyl (C=O) groups is 1. The summed E-state index contributed by atoms with van der Waals surface area (Å²) in [4.78, 5) is 12.9. The summed E-state index contributed by atoms with van der Waals surface area (Å²) in [5.41, 5.74) is 2.80. The van der Waals surface area contributed by atoms with Gasteiger partial charge < -0.3 is 9.73 Å². The van der Waals surface area contributed by atoms with Gasteiger partial charge in [-0.25, -0.2) is 12.8 Å². The van der Waals surface area contributed by atoms with Crippen molar-refractivity contribution in [2.75, 3.05) is 11.9 Å². The first-order valence-corrected chi connectivity index (χ1v) is 11.7. The number of rotatable bonds is 7. The molecule has 0 bridgehead atoms. The van der Waals surface area contributed by atoms with Gasteiger partial charge in [-0.15, -0.1) is 0 Å². The van der Waals surface area contributed by atoms with Gasteiger partial charge in [0.1, 0.15) is 11.6 Å². The van der Waals surface area contributed by atoms with Crippen LogP contribution in [0.3, 0.4) is 0 Å². The average molecular weight is 479 g/mol. The van der Waals surface area contributed by atoms with Crippen molar-refractivity contribution in [2.45, 2.75) is 39.1 Å². The van der Waals surface area contributed by atoms with Crippen LogP contribution in [0.4, 0.5) is 10.1 Å². The lowest BCUT2D eigenvalue weighted by atomic mass is 10.0. The van der Waals surface area contributed by atoms with Gasteiger partial charge in [0.15, 0.2) is 0 Å². The fourth-order valence-electron chi connectivity index (χ4n) is 3.44. The van der Waals surface area contributed by atoms with Crippen LogP contribution >= 0.6 is 11.6 Å². The summed E-state index contributed by atoms with van der Waals surface area (Å²) in [7, 11) is -4.09. The molecule has 2 aromatic carbocycles. The van der Waals surface area contributed by atoms with E-state index in [2.05, 4.69) is 5.32 Å². The lowest BCUT2D eigenvalue weighted by Crippen LogP contribution is -2.38. The van der Waals surface area contributed by atoms with Crippen LogP contribution in [0.5, 0.6) is 0 Å². The Labute approximate surface area is 192 Å². The van der Waals surface area contributed by atoms with Gasteiger partial charge in [0.25, 0.3) is 0 Å². The lowest BCUT2D eigenvalue weighted by Gasteiger charge is -2.24. The van der Waals surface area contributed by atoms with Gasteiger partial charge in [-0.1, -0.05) is 17.7 Å². The molecule has 0 fully saturated rings. The smallest absolute Gasteiger partial charge is 0.244 e. The van der Waals surface area contributed by atoms with Gasteiger partial charge in [0, 0.05) is 5.02 Å². The zero-order chi connectivity index (χ0) is 23.6. The summed E-state index contributed by atoms with van der Waals surface area (Å²) < 4.78 is 47.9. The fourth-order valence-corrected chi connectivity index (χ4v) is 5.54. The number of hydrogen-bond donors (Lipinski definition) is 1. The SMILES string of the molecule is Cc1cc(C)c(C)c(S(=O)(=O)N(CC(=O)Nc2ccc(Cl)cc2F)Cc2ccco2)c1C. The van der Waals surface area contributed by atoms with E-state index < -0.39 is 28.3 Å². The molecule has 32 heavy (non-hydrogen) atoms. The second-order valence-corrected chi connectivity index (χ2v) is 9.93. The number of hydrogen-bond acceptors (Lipinski definition) is 4. The van der Waals surface area contributed by atoms with Gasteiger partial charge in [-0.3, -0.25) is 4.79 Å². The average Bonchev–Trinajstić information content (AvgIpc) is 3.21. The normalized spacial score (nSPS) is 11.7. The first-order valence-electron chi connectivity index (χ1n) is 9.85. The van der Waals surface area contributed by atoms with E-state index in [4.69, 9.17) is 16.0 Å². The van der Waals surface area contributed by atoms with Crippen molar-refractivity contribution >= 4 is 33.2 Å². The van der Waals surface area contributed by atoms with Crippen LogP contribution in [0.15, 0.2) is 52.0 Å². The zero-order valence-electron chi connectivity index (χ0n) is 18.2. The third kappa shape index (κ3) is 5.03. The van der Waals surface area contributed by atoms with Crippen molar-refractivity contribution in [3.05, 3.63) is 81.5 Å². The Morgan fingerprint density at radius 2 is 1.75 bits per heavy atom. The Morgan fingerprint density at radius 3 is 2.31 bits per heavy atom. The molecular formula is C23H24ClFN2O4S. The highest BCUT2D eigenvalue weighted by atomic mass is 35.5. The second-order valence-electron chi connectivity index (χ2n) is 7.61. The van der Waals surface area contributed by atoms with Crippen LogP contribution in [-0.2, 0) is 21.4 Å². The number of aryl methyl sites for hydroxylation is 2. The fraction of sp³-hybridized carbons (Fsp3) is 0.261. The molecule has 0 aliphatic rings. The molecule has 0 saturated heterocycles. The maximum Gasteiger partial charge on any atom is 0.244 e. The van der Waals surface area contributed by atoms with Crippen molar-refractivity contribution in [1.29, 1.82) is 0 Å². The molecule has 0 aliphatic carbocycles. The minimum Gasteiger partial charge on any atom is -0.468 e. The molecule has 0 spiro atoms. The minimum absolute atomic E-state index is 0.0893. The molecular weight excluding hydrogens is 455 g/mol. The Bertz CT molecular complexity index is 1230. The largest absolute Gasteiger partial charge is 0.468 e. The number of nitrogens with one attached hydrogen (secondary N) is 1. The number of anilines is 1. The van der Waals surface area contributed by atoms with E-state index in [0.717, 1.165) is 21.5 Å². The Kier molecular flexibility index (Phi) is 7.07. The minimum atomic E-state index is -4.09. The standard InChI is InChI=1S/C23H24ClFN2O4S/c1-14-10-15(2)17(4)23(16(14)3)32(29,30)27(12-19-6-5-9-31-19)13-22(28)26-21-8-7-18(24)11-20(21)25/h5-11H,12-13H2,1-4H3,(H,26,28). The van der Waals surface area contributed by atoms with Crippen molar-refractivity contribution in [1.82, 2.24) is 4.31 Å². The molecule has 0 aliphatic heterocycles. The highest BCUT2D eigenvalue weighted by Crippen LogP contribution is 2.30. The summed E-state index contributed by atoms with van der Waals surface area (Å²) in [5, 5.41) is 2.60.